The molecule has 2 aromatic rings. The molecule has 0 bridgehead atoms. The van der Waals surface area contributed by atoms with Gasteiger partial charge in [-0.25, -0.2) is 0 Å². The van der Waals surface area contributed by atoms with E-state index in [9.17, 15) is 9.59 Å². The molecule has 2 amide bonds. The van der Waals surface area contributed by atoms with Gasteiger partial charge in [-0.05, 0) is 43.5 Å². The van der Waals surface area contributed by atoms with E-state index < -0.39 is 6.04 Å². The van der Waals surface area contributed by atoms with Gasteiger partial charge >= 0.3 is 0 Å². The molecule has 2 rings (SSSR count). The van der Waals surface area contributed by atoms with Crippen LogP contribution < -0.4 is 5.32 Å². The highest BCUT2D eigenvalue weighted by atomic mass is 35.5. The zero-order valence-electron chi connectivity index (χ0n) is 18.2. The molecule has 31 heavy (non-hydrogen) atoms. The van der Waals surface area contributed by atoms with E-state index in [1.165, 1.54) is 5.56 Å². The molecular weight excluding hydrogens is 451 g/mol. The summed E-state index contributed by atoms with van der Waals surface area (Å²) in [6.07, 6.45) is 1.19. The minimum absolute atomic E-state index is 0.0540. The summed E-state index contributed by atoms with van der Waals surface area (Å²) < 4.78 is 0. The number of carbonyl (C=O) groups is 2. The number of benzene rings is 2. The predicted octanol–water partition coefficient (Wildman–Crippen LogP) is 5.95. The number of nitrogens with zero attached hydrogens (tertiary/aromatic N) is 1. The van der Waals surface area contributed by atoms with Crippen molar-refractivity contribution in [2.24, 2.45) is 0 Å². The molecule has 2 aromatic carbocycles. The van der Waals surface area contributed by atoms with Crippen molar-refractivity contribution in [3.8, 4) is 0 Å². The lowest BCUT2D eigenvalue weighted by Crippen LogP contribution is -2.49. The van der Waals surface area contributed by atoms with Crippen LogP contribution in [0.2, 0.25) is 10.0 Å². The van der Waals surface area contributed by atoms with Crippen molar-refractivity contribution in [1.29, 1.82) is 0 Å². The molecule has 7 heteroatoms. The second-order valence-corrected chi connectivity index (χ2v) is 9.47. The fraction of sp³-hybridized carbons (Fsp3) is 0.417. The Morgan fingerprint density at radius 1 is 1.03 bits per heavy atom. The second kappa shape index (κ2) is 13.0. The largest absolute Gasteiger partial charge is 0.352 e. The Morgan fingerprint density at radius 3 is 2.39 bits per heavy atom. The molecule has 0 aliphatic heterocycles. The van der Waals surface area contributed by atoms with Gasteiger partial charge in [-0.3, -0.25) is 9.59 Å². The average molecular weight is 481 g/mol. The van der Waals surface area contributed by atoms with Gasteiger partial charge in [0.1, 0.15) is 6.04 Å². The maximum Gasteiger partial charge on any atom is 0.242 e. The molecule has 0 fully saturated rings. The molecule has 0 saturated carbocycles. The van der Waals surface area contributed by atoms with Crippen LogP contribution in [0, 0.1) is 0 Å². The third-order valence-corrected chi connectivity index (χ3v) is 6.85. The normalized spacial score (nSPS) is 12.8. The summed E-state index contributed by atoms with van der Waals surface area (Å²) in [6, 6.07) is 14.9. The van der Waals surface area contributed by atoms with Crippen LogP contribution in [0.5, 0.6) is 0 Å². The van der Waals surface area contributed by atoms with Crippen LogP contribution in [0.4, 0.5) is 0 Å². The molecule has 0 heterocycles. The van der Waals surface area contributed by atoms with Crippen LogP contribution in [0.15, 0.2) is 48.5 Å². The zero-order chi connectivity index (χ0) is 22.8. The number of thioether (sulfide) groups is 1. The summed E-state index contributed by atoms with van der Waals surface area (Å²) in [5.41, 5.74) is 2.07. The molecular formula is C24H30Cl2N2O2S. The summed E-state index contributed by atoms with van der Waals surface area (Å²) in [6.45, 7) is 6.03. The number of rotatable bonds is 11. The lowest BCUT2D eigenvalue weighted by molar-refractivity contribution is -0.140. The lowest BCUT2D eigenvalue weighted by atomic mass is 10.1. The van der Waals surface area contributed by atoms with Gasteiger partial charge in [-0.15, -0.1) is 0 Å². The van der Waals surface area contributed by atoms with Gasteiger partial charge in [-0.2, -0.15) is 11.8 Å². The van der Waals surface area contributed by atoms with Crippen LogP contribution >= 0.6 is 35.0 Å². The minimum Gasteiger partial charge on any atom is -0.352 e. The Balaban J connectivity index is 2.04. The Morgan fingerprint density at radius 2 is 1.74 bits per heavy atom. The molecule has 0 aromatic heterocycles. The quantitative estimate of drug-likeness (QED) is 0.404. The van der Waals surface area contributed by atoms with Crippen LogP contribution in [0.1, 0.15) is 44.7 Å². The number of halogens is 2. The Hall–Kier alpha value is -1.69. The number of hydrogen-bond acceptors (Lipinski definition) is 3. The van der Waals surface area contributed by atoms with Crippen molar-refractivity contribution >= 4 is 46.8 Å². The summed E-state index contributed by atoms with van der Waals surface area (Å²) >= 11 is 13.9. The zero-order valence-corrected chi connectivity index (χ0v) is 20.6. The van der Waals surface area contributed by atoms with Gasteiger partial charge in [0, 0.05) is 30.5 Å². The van der Waals surface area contributed by atoms with E-state index in [2.05, 4.69) is 17.4 Å². The molecule has 0 radical (unpaired) electrons. The highest BCUT2D eigenvalue weighted by Gasteiger charge is 2.26. The molecule has 4 nitrogen and oxygen atoms in total. The van der Waals surface area contributed by atoms with E-state index in [1.807, 2.05) is 38.1 Å². The summed E-state index contributed by atoms with van der Waals surface area (Å²) in [4.78, 5) is 27.4. The van der Waals surface area contributed by atoms with E-state index in [1.54, 1.807) is 35.7 Å². The van der Waals surface area contributed by atoms with E-state index in [0.29, 0.717) is 28.8 Å². The average Bonchev–Trinajstić information content (AvgIpc) is 2.77. The molecule has 2 atom stereocenters. The molecule has 168 valence electrons. The monoisotopic (exact) mass is 480 g/mol. The maximum atomic E-state index is 13.1. The SMILES string of the molecule is CC[C@H](C)NC(=O)[C@H](C)N(Cc1ccc(Cl)c(Cl)c1)C(=O)CCSCc1ccccc1. The Bertz CT molecular complexity index is 864. The van der Waals surface area contributed by atoms with Crippen LogP contribution in [0.25, 0.3) is 0 Å². The van der Waals surface area contributed by atoms with E-state index in [-0.39, 0.29) is 17.9 Å². The van der Waals surface area contributed by atoms with Crippen LogP contribution in [-0.4, -0.2) is 34.6 Å². The first-order valence-corrected chi connectivity index (χ1v) is 12.4. The maximum absolute atomic E-state index is 13.1. The van der Waals surface area contributed by atoms with Crippen molar-refractivity contribution in [2.75, 3.05) is 5.75 Å². The molecule has 0 unspecified atom stereocenters. The summed E-state index contributed by atoms with van der Waals surface area (Å²) in [5, 5.41) is 3.87. The molecule has 0 aliphatic carbocycles. The molecule has 0 aliphatic rings. The van der Waals surface area contributed by atoms with Gasteiger partial charge in [0.15, 0.2) is 0 Å². The standard InChI is InChI=1S/C24H30Cl2N2O2S/c1-4-17(2)27-24(30)18(3)28(15-20-10-11-21(25)22(26)14-20)23(29)12-13-31-16-19-8-6-5-7-9-19/h5-11,14,17-18H,4,12-13,15-16H2,1-3H3,(H,27,30)/t17-,18-/m0/s1. The Labute approximate surface area is 199 Å². The van der Waals surface area contributed by atoms with E-state index >= 15 is 0 Å². The van der Waals surface area contributed by atoms with Crippen molar-refractivity contribution in [3.05, 3.63) is 69.7 Å². The topological polar surface area (TPSA) is 49.4 Å². The highest BCUT2D eigenvalue weighted by molar-refractivity contribution is 7.98. The van der Waals surface area contributed by atoms with Crippen molar-refractivity contribution in [3.63, 3.8) is 0 Å². The van der Waals surface area contributed by atoms with Crippen LogP contribution in [-0.2, 0) is 21.9 Å². The van der Waals surface area contributed by atoms with E-state index in [4.69, 9.17) is 23.2 Å². The van der Waals surface area contributed by atoms with Gasteiger partial charge in [-0.1, -0.05) is 66.5 Å². The summed E-state index contributed by atoms with van der Waals surface area (Å²) in [5.74, 6) is 1.33. The van der Waals surface area contributed by atoms with Gasteiger partial charge < -0.3 is 10.2 Å². The van der Waals surface area contributed by atoms with Crippen molar-refractivity contribution < 1.29 is 9.59 Å². The Kier molecular flexibility index (Phi) is 10.7. The molecule has 0 saturated heterocycles. The fourth-order valence-electron chi connectivity index (χ4n) is 2.95. The lowest BCUT2D eigenvalue weighted by Gasteiger charge is -2.30. The van der Waals surface area contributed by atoms with Crippen LogP contribution in [0.3, 0.4) is 0 Å². The number of carbonyl (C=O) groups excluding carboxylic acids is 2. The van der Waals surface area contributed by atoms with Gasteiger partial charge in [0.25, 0.3) is 0 Å². The first kappa shape index (κ1) is 25.6. The number of nitrogens with one attached hydrogen (secondary N) is 1. The van der Waals surface area contributed by atoms with Gasteiger partial charge in [0.05, 0.1) is 10.0 Å². The first-order chi connectivity index (χ1) is 14.8. The highest BCUT2D eigenvalue weighted by Crippen LogP contribution is 2.24. The molecule has 0 spiro atoms. The smallest absolute Gasteiger partial charge is 0.242 e. The minimum atomic E-state index is -0.588. The summed E-state index contributed by atoms with van der Waals surface area (Å²) in [7, 11) is 0. The third kappa shape index (κ3) is 8.40. The van der Waals surface area contributed by atoms with Crippen molar-refractivity contribution in [1.82, 2.24) is 10.2 Å². The van der Waals surface area contributed by atoms with E-state index in [0.717, 1.165) is 17.7 Å². The predicted molar refractivity (Wildman–Crippen MR) is 132 cm³/mol. The fourth-order valence-corrected chi connectivity index (χ4v) is 4.16. The number of hydrogen-bond donors (Lipinski definition) is 1. The third-order valence-electron chi connectivity index (χ3n) is 5.08. The van der Waals surface area contributed by atoms with Crippen molar-refractivity contribution in [2.45, 2.75) is 58.0 Å². The number of amides is 2. The van der Waals surface area contributed by atoms with Gasteiger partial charge in [0.2, 0.25) is 11.8 Å². The molecule has 1 N–H and O–H groups in total. The second-order valence-electron chi connectivity index (χ2n) is 7.55. The first-order valence-electron chi connectivity index (χ1n) is 10.5.